The first kappa shape index (κ1) is 27.3. The van der Waals surface area contributed by atoms with Crippen molar-refractivity contribution in [3.63, 3.8) is 0 Å². The fourth-order valence-electron chi connectivity index (χ4n) is 3.17. The molecule has 7 nitrogen and oxygen atoms in total. The second-order valence-electron chi connectivity index (χ2n) is 7.51. The van der Waals surface area contributed by atoms with Gasteiger partial charge in [-0.3, -0.25) is 9.59 Å². The number of carbonyl (C=O) groups is 2. The van der Waals surface area contributed by atoms with Crippen molar-refractivity contribution < 1.29 is 28.9 Å². The molecular formula is C24H32ClNO6. The molecule has 0 saturated carbocycles. The van der Waals surface area contributed by atoms with Gasteiger partial charge in [-0.05, 0) is 44.1 Å². The Bertz CT molecular complexity index is 844. The zero-order valence-corrected chi connectivity index (χ0v) is 19.6. The molecular weight excluding hydrogens is 434 g/mol. The van der Waals surface area contributed by atoms with Crippen LogP contribution in [0, 0.1) is 0 Å². The Morgan fingerprint density at radius 2 is 1.72 bits per heavy atom. The predicted octanol–water partition coefficient (Wildman–Crippen LogP) is 3.62. The van der Waals surface area contributed by atoms with E-state index >= 15 is 0 Å². The number of carboxylic acid groups (broad SMARTS) is 1. The average Bonchev–Trinajstić information content (AvgIpc) is 2.75. The van der Waals surface area contributed by atoms with Crippen LogP contribution in [0.4, 0.5) is 0 Å². The summed E-state index contributed by atoms with van der Waals surface area (Å²) in [6.07, 6.45) is 0.659. The second kappa shape index (κ2) is 14.3. The molecule has 0 heterocycles. The minimum absolute atomic E-state index is 0. The van der Waals surface area contributed by atoms with Crippen molar-refractivity contribution in [2.45, 2.75) is 31.8 Å². The number of hydrogen-bond acceptors (Lipinski definition) is 6. The molecule has 32 heavy (non-hydrogen) atoms. The summed E-state index contributed by atoms with van der Waals surface area (Å²) in [6, 6.07) is 16.0. The van der Waals surface area contributed by atoms with Crippen molar-refractivity contribution in [3.05, 3.63) is 59.7 Å². The van der Waals surface area contributed by atoms with E-state index in [-0.39, 0.29) is 31.9 Å². The first-order chi connectivity index (χ1) is 14.9. The van der Waals surface area contributed by atoms with Gasteiger partial charge >= 0.3 is 11.9 Å². The molecule has 0 fully saturated rings. The van der Waals surface area contributed by atoms with E-state index in [0.29, 0.717) is 18.0 Å². The summed E-state index contributed by atoms with van der Waals surface area (Å²) < 4.78 is 17.0. The Hall–Kier alpha value is -2.77. The lowest BCUT2D eigenvalue weighted by Gasteiger charge is -2.23. The minimum Gasteiger partial charge on any atom is -0.493 e. The van der Waals surface area contributed by atoms with Gasteiger partial charge in [-0.2, -0.15) is 0 Å². The van der Waals surface area contributed by atoms with Gasteiger partial charge in [-0.25, -0.2) is 0 Å². The third-order valence-corrected chi connectivity index (χ3v) is 4.63. The van der Waals surface area contributed by atoms with Gasteiger partial charge in [0.15, 0.2) is 11.5 Å². The average molecular weight is 466 g/mol. The number of para-hydroxylation sites is 1. The van der Waals surface area contributed by atoms with Gasteiger partial charge in [0.05, 0.1) is 20.0 Å². The van der Waals surface area contributed by atoms with E-state index in [0.717, 1.165) is 18.4 Å². The van der Waals surface area contributed by atoms with Gasteiger partial charge in [0.2, 0.25) is 0 Å². The standard InChI is InChI=1S/C24H31NO6.ClH/c1-25(2)16-20(31-23(28)15-14-22(26)27)17-30-24-19(10-7-11-21(24)29-3)13-12-18-8-5-4-6-9-18;/h4-11,20H,12-17H2,1-3H3,(H,26,27);1H. The molecule has 176 valence electrons. The summed E-state index contributed by atoms with van der Waals surface area (Å²) in [7, 11) is 5.32. The number of benzene rings is 2. The van der Waals surface area contributed by atoms with Crippen molar-refractivity contribution in [1.82, 2.24) is 4.90 Å². The zero-order valence-electron chi connectivity index (χ0n) is 18.8. The lowest BCUT2D eigenvalue weighted by atomic mass is 10.0. The number of nitrogens with zero attached hydrogens (tertiary/aromatic N) is 1. The largest absolute Gasteiger partial charge is 0.493 e. The van der Waals surface area contributed by atoms with Gasteiger partial charge in [-0.15, -0.1) is 12.4 Å². The number of rotatable bonds is 13. The molecule has 2 rings (SSSR count). The number of ether oxygens (including phenoxy) is 3. The van der Waals surface area contributed by atoms with Crippen molar-refractivity contribution in [2.24, 2.45) is 0 Å². The molecule has 0 spiro atoms. The van der Waals surface area contributed by atoms with Crippen LogP contribution in [0.15, 0.2) is 48.5 Å². The Morgan fingerprint density at radius 3 is 2.34 bits per heavy atom. The van der Waals surface area contributed by atoms with Crippen LogP contribution in [0.1, 0.15) is 24.0 Å². The number of likely N-dealkylation sites (N-methyl/N-ethyl adjacent to an activating group) is 1. The third-order valence-electron chi connectivity index (χ3n) is 4.63. The smallest absolute Gasteiger partial charge is 0.306 e. The number of hydrogen-bond donors (Lipinski definition) is 1. The monoisotopic (exact) mass is 465 g/mol. The van der Waals surface area contributed by atoms with E-state index in [1.165, 1.54) is 5.56 Å². The summed E-state index contributed by atoms with van der Waals surface area (Å²) in [6.45, 7) is 0.586. The minimum atomic E-state index is -1.03. The van der Waals surface area contributed by atoms with Gasteiger partial charge < -0.3 is 24.2 Å². The van der Waals surface area contributed by atoms with E-state index < -0.39 is 18.0 Å². The topological polar surface area (TPSA) is 85.3 Å². The molecule has 0 aromatic heterocycles. The molecule has 2 aromatic rings. The van der Waals surface area contributed by atoms with Crippen LogP contribution in [0.5, 0.6) is 11.5 Å². The third kappa shape index (κ3) is 9.58. The van der Waals surface area contributed by atoms with E-state index in [4.69, 9.17) is 19.3 Å². The highest BCUT2D eigenvalue weighted by molar-refractivity contribution is 5.85. The predicted molar refractivity (Wildman–Crippen MR) is 125 cm³/mol. The summed E-state index contributed by atoms with van der Waals surface area (Å²) in [5, 5.41) is 8.76. The van der Waals surface area contributed by atoms with Crippen LogP contribution in [0.2, 0.25) is 0 Å². The highest BCUT2D eigenvalue weighted by Gasteiger charge is 2.19. The Morgan fingerprint density at radius 1 is 1.00 bits per heavy atom. The molecule has 1 atom stereocenters. The molecule has 0 saturated heterocycles. The number of carboxylic acids is 1. The van der Waals surface area contributed by atoms with Crippen LogP contribution in [0.3, 0.4) is 0 Å². The van der Waals surface area contributed by atoms with Crippen LogP contribution < -0.4 is 9.47 Å². The number of esters is 1. The van der Waals surface area contributed by atoms with Gasteiger partial charge in [0.1, 0.15) is 12.7 Å². The Balaban J connectivity index is 0.00000512. The highest BCUT2D eigenvalue weighted by atomic mass is 35.5. The van der Waals surface area contributed by atoms with E-state index in [2.05, 4.69) is 12.1 Å². The van der Waals surface area contributed by atoms with Gasteiger partial charge in [0, 0.05) is 6.54 Å². The van der Waals surface area contributed by atoms with Crippen molar-refractivity contribution in [3.8, 4) is 11.5 Å². The second-order valence-corrected chi connectivity index (χ2v) is 7.51. The molecule has 0 bridgehead atoms. The molecule has 1 N–H and O–H groups in total. The maximum Gasteiger partial charge on any atom is 0.306 e. The van der Waals surface area contributed by atoms with Crippen LogP contribution in [0.25, 0.3) is 0 Å². The van der Waals surface area contributed by atoms with Gasteiger partial charge in [0.25, 0.3) is 0 Å². The fraction of sp³-hybridized carbons (Fsp3) is 0.417. The van der Waals surface area contributed by atoms with Crippen molar-refractivity contribution >= 4 is 24.3 Å². The first-order valence-electron chi connectivity index (χ1n) is 10.3. The highest BCUT2D eigenvalue weighted by Crippen LogP contribution is 2.32. The Labute approximate surface area is 195 Å². The molecule has 0 aliphatic heterocycles. The zero-order chi connectivity index (χ0) is 22.6. The number of halogens is 1. The molecule has 1 unspecified atom stereocenters. The normalized spacial score (nSPS) is 11.4. The quantitative estimate of drug-likeness (QED) is 0.452. The summed E-state index contributed by atoms with van der Waals surface area (Å²) in [5.74, 6) is -0.339. The van der Waals surface area contributed by atoms with Gasteiger partial charge in [-0.1, -0.05) is 42.5 Å². The fourth-order valence-corrected chi connectivity index (χ4v) is 3.17. The number of methoxy groups -OCH3 is 1. The summed E-state index contributed by atoms with van der Waals surface area (Å²) >= 11 is 0. The number of aryl methyl sites for hydroxylation is 2. The first-order valence-corrected chi connectivity index (χ1v) is 10.3. The number of carbonyl (C=O) groups excluding carboxylic acids is 1. The summed E-state index contributed by atoms with van der Waals surface area (Å²) in [5.41, 5.74) is 2.23. The lowest BCUT2D eigenvalue weighted by molar-refractivity contribution is -0.153. The van der Waals surface area contributed by atoms with E-state index in [9.17, 15) is 9.59 Å². The molecule has 2 aromatic carbocycles. The Kier molecular flexibility index (Phi) is 12.2. The summed E-state index contributed by atoms with van der Waals surface area (Å²) in [4.78, 5) is 24.6. The lowest BCUT2D eigenvalue weighted by Crippen LogP contribution is -2.35. The van der Waals surface area contributed by atoms with Crippen molar-refractivity contribution in [1.29, 1.82) is 0 Å². The number of aliphatic carboxylic acids is 1. The van der Waals surface area contributed by atoms with Crippen LogP contribution in [-0.2, 0) is 27.2 Å². The van der Waals surface area contributed by atoms with Crippen LogP contribution in [-0.4, -0.2) is 62.4 Å². The molecule has 8 heteroatoms. The van der Waals surface area contributed by atoms with Crippen LogP contribution >= 0.6 is 12.4 Å². The van der Waals surface area contributed by atoms with E-state index in [1.54, 1.807) is 7.11 Å². The maximum absolute atomic E-state index is 12.0. The molecule has 0 radical (unpaired) electrons. The maximum atomic E-state index is 12.0. The molecule has 0 aliphatic carbocycles. The molecule has 0 aliphatic rings. The molecule has 0 amide bonds. The van der Waals surface area contributed by atoms with Crippen molar-refractivity contribution in [2.75, 3.05) is 34.4 Å². The SMILES string of the molecule is COc1cccc(CCc2ccccc2)c1OCC(CN(C)C)OC(=O)CCC(=O)O.Cl. The van der Waals surface area contributed by atoms with E-state index in [1.807, 2.05) is 55.4 Å².